The van der Waals surface area contributed by atoms with Crippen LogP contribution in [0.25, 0.3) is 27.4 Å². The van der Waals surface area contributed by atoms with Gasteiger partial charge in [0.05, 0.1) is 18.9 Å². The van der Waals surface area contributed by atoms with E-state index in [1.54, 1.807) is 24.4 Å². The van der Waals surface area contributed by atoms with Crippen LogP contribution in [0.2, 0.25) is 0 Å². The standard InChI is InChI=1S/C28H23N3O4/c1-17-13-21(18(2)31(17)22-9-6-8-20(14-22)28(33)34-3)16-29-30-27(32)26-15-24-23-10-5-4-7-19(23)11-12-25(24)35-26/h4-16H,1-3H3,(H,30,32). The fourth-order valence-corrected chi connectivity index (χ4v) is 4.33. The number of aryl methyl sites for hydroxylation is 1. The lowest BCUT2D eigenvalue weighted by Gasteiger charge is -2.10. The van der Waals surface area contributed by atoms with Crippen LogP contribution in [0.1, 0.15) is 37.9 Å². The Hall–Kier alpha value is -4.65. The number of esters is 1. The first-order chi connectivity index (χ1) is 17.0. The van der Waals surface area contributed by atoms with Crippen molar-refractivity contribution in [2.24, 2.45) is 5.10 Å². The molecule has 0 aliphatic heterocycles. The Balaban J connectivity index is 1.37. The van der Waals surface area contributed by atoms with Crippen LogP contribution in [0.3, 0.4) is 0 Å². The van der Waals surface area contributed by atoms with Crippen LogP contribution in [0.5, 0.6) is 0 Å². The van der Waals surface area contributed by atoms with Gasteiger partial charge in [0.15, 0.2) is 5.76 Å². The highest BCUT2D eigenvalue weighted by molar-refractivity contribution is 6.08. The van der Waals surface area contributed by atoms with Crippen LogP contribution in [0.15, 0.2) is 82.3 Å². The molecule has 0 unspecified atom stereocenters. The van der Waals surface area contributed by atoms with Gasteiger partial charge in [-0.3, -0.25) is 4.79 Å². The molecule has 0 spiro atoms. The van der Waals surface area contributed by atoms with Crippen molar-refractivity contribution in [2.75, 3.05) is 7.11 Å². The van der Waals surface area contributed by atoms with E-state index in [1.165, 1.54) is 7.11 Å². The number of hydrogen-bond donors (Lipinski definition) is 1. The van der Waals surface area contributed by atoms with Crippen molar-refractivity contribution < 1.29 is 18.7 Å². The summed E-state index contributed by atoms with van der Waals surface area (Å²) in [5.41, 5.74) is 7.21. The quantitative estimate of drug-likeness (QED) is 0.210. The summed E-state index contributed by atoms with van der Waals surface area (Å²) in [5, 5.41) is 7.14. The first kappa shape index (κ1) is 22.2. The Morgan fingerprint density at radius 1 is 0.971 bits per heavy atom. The fourth-order valence-electron chi connectivity index (χ4n) is 4.33. The monoisotopic (exact) mass is 465 g/mol. The molecule has 5 aromatic rings. The first-order valence-electron chi connectivity index (χ1n) is 11.1. The second kappa shape index (κ2) is 8.95. The molecule has 35 heavy (non-hydrogen) atoms. The Labute approximate surface area is 201 Å². The maximum atomic E-state index is 12.7. The van der Waals surface area contributed by atoms with Crippen LogP contribution >= 0.6 is 0 Å². The zero-order valence-electron chi connectivity index (χ0n) is 19.5. The van der Waals surface area contributed by atoms with E-state index in [4.69, 9.17) is 9.15 Å². The van der Waals surface area contributed by atoms with Gasteiger partial charge in [-0.2, -0.15) is 5.10 Å². The molecule has 0 aliphatic carbocycles. The highest BCUT2D eigenvalue weighted by atomic mass is 16.5. The van der Waals surface area contributed by atoms with E-state index in [2.05, 4.69) is 10.5 Å². The molecule has 5 rings (SSSR count). The lowest BCUT2D eigenvalue weighted by atomic mass is 10.1. The lowest BCUT2D eigenvalue weighted by Crippen LogP contribution is -2.16. The second-order valence-electron chi connectivity index (χ2n) is 8.21. The molecule has 7 nitrogen and oxygen atoms in total. The maximum Gasteiger partial charge on any atom is 0.337 e. The molecule has 0 aliphatic rings. The number of rotatable bonds is 5. The largest absolute Gasteiger partial charge is 0.465 e. The summed E-state index contributed by atoms with van der Waals surface area (Å²) >= 11 is 0. The van der Waals surface area contributed by atoms with Gasteiger partial charge in [-0.05, 0) is 61.0 Å². The molecule has 2 aromatic heterocycles. The summed E-state index contributed by atoms with van der Waals surface area (Å²) in [7, 11) is 1.36. The van der Waals surface area contributed by atoms with Crippen LogP contribution in [-0.4, -0.2) is 29.8 Å². The van der Waals surface area contributed by atoms with Crippen molar-refractivity contribution in [3.63, 3.8) is 0 Å². The molecule has 174 valence electrons. The zero-order valence-corrected chi connectivity index (χ0v) is 19.5. The lowest BCUT2D eigenvalue weighted by molar-refractivity contribution is 0.0600. The Kier molecular flexibility index (Phi) is 5.66. The number of carbonyl (C=O) groups is 2. The number of nitrogens with one attached hydrogen (secondary N) is 1. The van der Waals surface area contributed by atoms with Gasteiger partial charge in [-0.15, -0.1) is 0 Å². The predicted octanol–water partition coefficient (Wildman–Crippen LogP) is 5.54. The topological polar surface area (TPSA) is 85.8 Å². The molecular weight excluding hydrogens is 442 g/mol. The molecule has 0 saturated heterocycles. The smallest absolute Gasteiger partial charge is 0.337 e. The summed E-state index contributed by atoms with van der Waals surface area (Å²) in [6.45, 7) is 3.91. The van der Waals surface area contributed by atoms with Crippen molar-refractivity contribution in [1.82, 2.24) is 9.99 Å². The van der Waals surface area contributed by atoms with E-state index < -0.39 is 11.9 Å². The summed E-state index contributed by atoms with van der Waals surface area (Å²) in [6, 6.07) is 22.7. The SMILES string of the molecule is COC(=O)c1cccc(-n2c(C)cc(C=NNC(=O)c3cc4c(ccc5ccccc54)o3)c2C)c1. The van der Waals surface area contributed by atoms with Crippen molar-refractivity contribution >= 4 is 39.8 Å². The fraction of sp³-hybridized carbons (Fsp3) is 0.107. The zero-order chi connectivity index (χ0) is 24.5. The van der Waals surface area contributed by atoms with Crippen LogP contribution < -0.4 is 5.43 Å². The van der Waals surface area contributed by atoms with Crippen LogP contribution in [-0.2, 0) is 4.74 Å². The van der Waals surface area contributed by atoms with Gasteiger partial charge in [0.1, 0.15) is 5.58 Å². The number of nitrogens with zero attached hydrogens (tertiary/aromatic N) is 2. The highest BCUT2D eigenvalue weighted by Crippen LogP contribution is 2.28. The molecule has 0 radical (unpaired) electrons. The average Bonchev–Trinajstić information content (AvgIpc) is 3.44. The van der Waals surface area contributed by atoms with Crippen LogP contribution in [0, 0.1) is 13.8 Å². The number of furan rings is 1. The van der Waals surface area contributed by atoms with Gasteiger partial charge in [0.25, 0.3) is 0 Å². The number of carbonyl (C=O) groups excluding carboxylic acids is 2. The van der Waals surface area contributed by atoms with Crippen molar-refractivity contribution in [1.29, 1.82) is 0 Å². The number of hydrazone groups is 1. The Morgan fingerprint density at radius 2 is 1.80 bits per heavy atom. The van der Waals surface area contributed by atoms with Gasteiger partial charge in [-0.25, -0.2) is 10.2 Å². The molecule has 2 heterocycles. The van der Waals surface area contributed by atoms with E-state index in [-0.39, 0.29) is 5.76 Å². The summed E-state index contributed by atoms with van der Waals surface area (Å²) in [4.78, 5) is 24.6. The van der Waals surface area contributed by atoms with E-state index in [0.29, 0.717) is 11.1 Å². The summed E-state index contributed by atoms with van der Waals surface area (Å²) in [6.07, 6.45) is 1.60. The van der Waals surface area contributed by atoms with E-state index >= 15 is 0 Å². The third kappa shape index (κ3) is 4.08. The third-order valence-electron chi connectivity index (χ3n) is 6.02. The molecule has 0 fully saturated rings. The predicted molar refractivity (Wildman–Crippen MR) is 135 cm³/mol. The summed E-state index contributed by atoms with van der Waals surface area (Å²) < 4.78 is 12.6. The Bertz CT molecular complexity index is 1620. The van der Waals surface area contributed by atoms with Crippen molar-refractivity contribution in [2.45, 2.75) is 13.8 Å². The number of benzene rings is 3. The normalized spacial score (nSPS) is 11.4. The average molecular weight is 466 g/mol. The molecular formula is C28H23N3O4. The number of ether oxygens (including phenoxy) is 1. The van der Waals surface area contributed by atoms with Gasteiger partial charge in [0.2, 0.25) is 0 Å². The number of hydrogen-bond acceptors (Lipinski definition) is 5. The summed E-state index contributed by atoms with van der Waals surface area (Å²) in [5.74, 6) is -0.628. The third-order valence-corrected chi connectivity index (χ3v) is 6.02. The second-order valence-corrected chi connectivity index (χ2v) is 8.21. The molecule has 1 amide bonds. The van der Waals surface area contributed by atoms with Gasteiger partial charge in [-0.1, -0.05) is 36.4 Å². The van der Waals surface area contributed by atoms with Crippen LogP contribution in [0.4, 0.5) is 0 Å². The highest BCUT2D eigenvalue weighted by Gasteiger charge is 2.15. The van der Waals surface area contributed by atoms with Gasteiger partial charge < -0.3 is 13.7 Å². The van der Waals surface area contributed by atoms with Crippen molar-refractivity contribution in [3.05, 3.63) is 101 Å². The molecule has 0 saturated carbocycles. The van der Waals surface area contributed by atoms with Gasteiger partial charge >= 0.3 is 11.9 Å². The molecule has 1 N–H and O–H groups in total. The minimum atomic E-state index is -0.430. The number of aromatic nitrogens is 1. The Morgan fingerprint density at radius 3 is 2.63 bits per heavy atom. The maximum absolute atomic E-state index is 12.7. The van der Waals surface area contributed by atoms with E-state index in [0.717, 1.165) is 38.8 Å². The molecule has 7 heteroatoms. The number of fused-ring (bicyclic) bond motifs is 3. The van der Waals surface area contributed by atoms with Crippen molar-refractivity contribution in [3.8, 4) is 5.69 Å². The van der Waals surface area contributed by atoms with Gasteiger partial charge in [0, 0.05) is 28.0 Å². The minimum Gasteiger partial charge on any atom is -0.465 e. The number of amides is 1. The van der Waals surface area contributed by atoms with E-state index in [9.17, 15) is 9.59 Å². The number of methoxy groups -OCH3 is 1. The first-order valence-corrected chi connectivity index (χ1v) is 11.1. The minimum absolute atomic E-state index is 0.193. The molecule has 0 bridgehead atoms. The van der Waals surface area contributed by atoms with E-state index in [1.807, 2.05) is 73.0 Å². The molecule has 3 aromatic carbocycles. The molecule has 0 atom stereocenters.